The van der Waals surface area contributed by atoms with Crippen LogP contribution in [0.2, 0.25) is 0 Å². The summed E-state index contributed by atoms with van der Waals surface area (Å²) in [6.45, 7) is 4.71. The lowest BCUT2D eigenvalue weighted by Gasteiger charge is -2.28. The third-order valence-corrected chi connectivity index (χ3v) is 12.4. The molecule has 59 heavy (non-hydrogen) atoms. The second kappa shape index (κ2) is 13.9. The smallest absolute Gasteiger partial charge is 0.0541 e. The summed E-state index contributed by atoms with van der Waals surface area (Å²) in [7, 11) is 0. The number of para-hydroxylation sites is 3. The van der Waals surface area contributed by atoms with E-state index < -0.39 is 0 Å². The van der Waals surface area contributed by atoms with Crippen molar-refractivity contribution in [2.75, 3.05) is 4.90 Å². The molecule has 0 unspecified atom stereocenters. The molecule has 1 aliphatic carbocycles. The van der Waals surface area contributed by atoms with Gasteiger partial charge >= 0.3 is 0 Å². The van der Waals surface area contributed by atoms with Gasteiger partial charge in [0.1, 0.15) is 0 Å². The van der Waals surface area contributed by atoms with Crippen molar-refractivity contribution in [2.45, 2.75) is 19.3 Å². The molecular weight excluding hydrogens is 713 g/mol. The van der Waals surface area contributed by atoms with Crippen molar-refractivity contribution in [1.82, 2.24) is 4.57 Å². The molecule has 10 aromatic rings. The molecule has 0 saturated carbocycles. The molecule has 11 rings (SSSR count). The van der Waals surface area contributed by atoms with Crippen molar-refractivity contribution in [1.29, 1.82) is 0 Å². The summed E-state index contributed by atoms with van der Waals surface area (Å²) in [6.07, 6.45) is 0. The van der Waals surface area contributed by atoms with Crippen molar-refractivity contribution in [2.24, 2.45) is 0 Å². The molecule has 0 aliphatic heterocycles. The summed E-state index contributed by atoms with van der Waals surface area (Å²) >= 11 is 0. The van der Waals surface area contributed by atoms with E-state index in [1.165, 1.54) is 77.4 Å². The van der Waals surface area contributed by atoms with Crippen molar-refractivity contribution in [3.63, 3.8) is 0 Å². The van der Waals surface area contributed by atoms with Gasteiger partial charge in [-0.05, 0) is 117 Å². The Morgan fingerprint density at radius 2 is 0.898 bits per heavy atom. The predicted octanol–water partition coefficient (Wildman–Crippen LogP) is 15.6. The predicted molar refractivity (Wildman–Crippen MR) is 249 cm³/mol. The Labute approximate surface area is 345 Å². The zero-order chi connectivity index (χ0) is 39.5. The molecule has 0 saturated heterocycles. The van der Waals surface area contributed by atoms with E-state index in [-0.39, 0.29) is 5.41 Å². The molecule has 0 radical (unpaired) electrons. The third-order valence-electron chi connectivity index (χ3n) is 12.4. The lowest BCUT2D eigenvalue weighted by atomic mass is 9.82. The Morgan fingerprint density at radius 3 is 1.63 bits per heavy atom. The molecule has 2 heteroatoms. The van der Waals surface area contributed by atoms with E-state index in [0.29, 0.717) is 0 Å². The molecule has 0 fully saturated rings. The number of nitrogens with zero attached hydrogens (tertiary/aromatic N) is 2. The monoisotopic (exact) mass is 754 g/mol. The molecule has 0 atom stereocenters. The van der Waals surface area contributed by atoms with Gasteiger partial charge in [-0.2, -0.15) is 0 Å². The highest BCUT2D eigenvalue weighted by molar-refractivity contribution is 6.12. The molecule has 0 bridgehead atoms. The van der Waals surface area contributed by atoms with Crippen molar-refractivity contribution < 1.29 is 0 Å². The van der Waals surface area contributed by atoms with E-state index in [9.17, 15) is 0 Å². The number of anilines is 3. The minimum atomic E-state index is -0.0524. The minimum Gasteiger partial charge on any atom is -0.310 e. The Balaban J connectivity index is 1.05. The highest BCUT2D eigenvalue weighted by atomic mass is 15.1. The van der Waals surface area contributed by atoms with Crippen LogP contribution in [0.15, 0.2) is 218 Å². The SMILES string of the molecule is CC1(C)c2ccccc2-c2c(-c3ccc4c(c3)c3cc(-c5ccc(N(c6ccccc6)c6ccccc6-c6ccccc6)cc5)ccc3n4-c3ccccc3)cccc21. The van der Waals surface area contributed by atoms with Crippen molar-refractivity contribution >= 4 is 38.9 Å². The molecule has 1 aromatic heterocycles. The van der Waals surface area contributed by atoms with E-state index in [1.54, 1.807) is 0 Å². The quantitative estimate of drug-likeness (QED) is 0.157. The first-order chi connectivity index (χ1) is 29.0. The van der Waals surface area contributed by atoms with Crippen LogP contribution in [0.3, 0.4) is 0 Å². The molecule has 1 heterocycles. The highest BCUT2D eigenvalue weighted by Crippen LogP contribution is 2.52. The van der Waals surface area contributed by atoms with Gasteiger partial charge in [-0.25, -0.2) is 0 Å². The summed E-state index contributed by atoms with van der Waals surface area (Å²) in [4.78, 5) is 2.37. The summed E-state index contributed by atoms with van der Waals surface area (Å²) in [5.74, 6) is 0. The van der Waals surface area contributed by atoms with Gasteiger partial charge in [0.25, 0.3) is 0 Å². The Morgan fingerprint density at radius 1 is 0.373 bits per heavy atom. The maximum absolute atomic E-state index is 2.43. The normalized spacial score (nSPS) is 12.7. The van der Waals surface area contributed by atoms with Crippen LogP contribution in [0.25, 0.3) is 72.0 Å². The summed E-state index contributed by atoms with van der Waals surface area (Å²) < 4.78 is 2.41. The van der Waals surface area contributed by atoms with Crippen molar-refractivity contribution in [3.8, 4) is 50.2 Å². The van der Waals surface area contributed by atoms with Crippen LogP contribution in [0.4, 0.5) is 17.1 Å². The second-order valence-corrected chi connectivity index (χ2v) is 16.1. The molecule has 9 aromatic carbocycles. The summed E-state index contributed by atoms with van der Waals surface area (Å²) in [6, 6.07) is 79.7. The number of rotatable bonds is 7. The van der Waals surface area contributed by atoms with E-state index in [4.69, 9.17) is 0 Å². The van der Waals surface area contributed by atoms with Gasteiger partial charge in [-0.3, -0.25) is 0 Å². The lowest BCUT2D eigenvalue weighted by molar-refractivity contribution is 0.660. The maximum Gasteiger partial charge on any atom is 0.0541 e. The first-order valence-corrected chi connectivity index (χ1v) is 20.5. The topological polar surface area (TPSA) is 8.17 Å². The molecule has 1 aliphatic rings. The average Bonchev–Trinajstić information content (AvgIpc) is 3.75. The summed E-state index contributed by atoms with van der Waals surface area (Å²) in [5, 5.41) is 2.49. The number of hydrogen-bond acceptors (Lipinski definition) is 1. The van der Waals surface area contributed by atoms with Crippen LogP contribution in [-0.2, 0) is 5.41 Å². The number of aromatic nitrogens is 1. The second-order valence-electron chi connectivity index (χ2n) is 16.1. The van der Waals surface area contributed by atoms with E-state index in [0.717, 1.165) is 22.7 Å². The fourth-order valence-electron chi connectivity index (χ4n) is 9.56. The zero-order valence-corrected chi connectivity index (χ0v) is 33.2. The van der Waals surface area contributed by atoms with Gasteiger partial charge in [-0.15, -0.1) is 0 Å². The summed E-state index contributed by atoms with van der Waals surface area (Å²) in [5.41, 5.74) is 19.6. The molecule has 2 nitrogen and oxygen atoms in total. The van der Waals surface area contributed by atoms with Crippen LogP contribution < -0.4 is 4.90 Å². The third kappa shape index (κ3) is 5.71. The van der Waals surface area contributed by atoms with Crippen molar-refractivity contribution in [3.05, 3.63) is 230 Å². The van der Waals surface area contributed by atoms with Gasteiger partial charge in [-0.1, -0.05) is 166 Å². The fraction of sp³-hybridized carbons (Fsp3) is 0.0526. The zero-order valence-electron chi connectivity index (χ0n) is 33.2. The highest BCUT2D eigenvalue weighted by Gasteiger charge is 2.36. The van der Waals surface area contributed by atoms with E-state index in [1.807, 2.05) is 0 Å². The standard InChI is InChI=1S/C57H42N2/c1-57(2)51-26-14-12-24-48(51)56-47(25-16-27-52(56)57)42-32-36-55-50(38-42)49-37-41(31-35-54(49)59(55)44-21-10-5-11-22-44)39-29-33-45(34-30-39)58(43-19-8-4-9-20-43)53-28-15-13-23-46(53)40-17-6-3-7-18-40/h3-38H,1-2H3. The van der Waals surface area contributed by atoms with Crippen LogP contribution in [-0.4, -0.2) is 4.57 Å². The van der Waals surface area contributed by atoms with Crippen LogP contribution in [0.5, 0.6) is 0 Å². The van der Waals surface area contributed by atoms with Gasteiger partial charge in [0, 0.05) is 38.8 Å². The van der Waals surface area contributed by atoms with Crippen LogP contribution >= 0.6 is 0 Å². The molecular formula is C57H42N2. The molecule has 0 spiro atoms. The van der Waals surface area contributed by atoms with Gasteiger partial charge in [0.05, 0.1) is 16.7 Å². The number of fused-ring (bicyclic) bond motifs is 6. The van der Waals surface area contributed by atoms with Crippen LogP contribution in [0, 0.1) is 0 Å². The Kier molecular flexibility index (Phi) is 8.20. The first kappa shape index (κ1) is 34.8. The largest absolute Gasteiger partial charge is 0.310 e. The number of hydrogen-bond donors (Lipinski definition) is 0. The Hall–Kier alpha value is -7.42. The van der Waals surface area contributed by atoms with Crippen LogP contribution in [0.1, 0.15) is 25.0 Å². The maximum atomic E-state index is 2.43. The minimum absolute atomic E-state index is 0.0524. The van der Waals surface area contributed by atoms with Gasteiger partial charge in [0.15, 0.2) is 0 Å². The van der Waals surface area contributed by atoms with E-state index in [2.05, 4.69) is 242 Å². The molecule has 280 valence electrons. The van der Waals surface area contributed by atoms with E-state index >= 15 is 0 Å². The Bertz CT molecular complexity index is 3160. The average molecular weight is 755 g/mol. The van der Waals surface area contributed by atoms with Gasteiger partial charge < -0.3 is 9.47 Å². The molecule has 0 amide bonds. The lowest BCUT2D eigenvalue weighted by Crippen LogP contribution is -2.14. The number of benzene rings is 9. The first-order valence-electron chi connectivity index (χ1n) is 20.5. The molecule has 0 N–H and O–H groups in total. The fourth-order valence-corrected chi connectivity index (χ4v) is 9.56. The van der Waals surface area contributed by atoms with Gasteiger partial charge in [0.2, 0.25) is 0 Å².